The van der Waals surface area contributed by atoms with Crippen LogP contribution in [0.1, 0.15) is 13.8 Å². The lowest BCUT2D eigenvalue weighted by molar-refractivity contribution is -0.117. The van der Waals surface area contributed by atoms with Gasteiger partial charge in [-0.05, 0) is 26.0 Å². The van der Waals surface area contributed by atoms with Crippen LogP contribution in [0.15, 0.2) is 30.3 Å². The van der Waals surface area contributed by atoms with Crippen LogP contribution in [0.2, 0.25) is 0 Å². The molecule has 76 valence electrons. The predicted octanol–water partition coefficient (Wildman–Crippen LogP) is 1.39. The Labute approximate surface area is 84.5 Å². The Hall–Kier alpha value is -1.35. The van der Waals surface area contributed by atoms with Crippen molar-refractivity contribution in [2.75, 3.05) is 11.4 Å². The van der Waals surface area contributed by atoms with E-state index in [1.807, 2.05) is 44.2 Å². The Bertz CT molecular complexity index is 295. The highest BCUT2D eigenvalue weighted by Gasteiger charge is 2.16. The molecule has 0 atom stereocenters. The van der Waals surface area contributed by atoms with Gasteiger partial charge in [0.2, 0.25) is 5.91 Å². The van der Waals surface area contributed by atoms with Gasteiger partial charge < -0.3 is 10.6 Å². The summed E-state index contributed by atoms with van der Waals surface area (Å²) in [5, 5.41) is 0. The lowest BCUT2D eigenvalue weighted by Crippen LogP contribution is -2.40. The molecule has 0 radical (unpaired) electrons. The van der Waals surface area contributed by atoms with Crippen molar-refractivity contribution in [2.24, 2.45) is 5.73 Å². The van der Waals surface area contributed by atoms with Crippen LogP contribution in [0.5, 0.6) is 0 Å². The summed E-state index contributed by atoms with van der Waals surface area (Å²) in [6.45, 7) is 3.99. The van der Waals surface area contributed by atoms with Crippen molar-refractivity contribution in [1.29, 1.82) is 0 Å². The summed E-state index contributed by atoms with van der Waals surface area (Å²) in [6.07, 6.45) is 0. The molecule has 0 bridgehead atoms. The number of hydrogen-bond acceptors (Lipinski definition) is 2. The first kappa shape index (κ1) is 10.7. The quantitative estimate of drug-likeness (QED) is 0.786. The standard InChI is InChI=1S/C11H16N2O/c1-9(2)13(11(14)8-12)10-6-4-3-5-7-10/h3-7,9H,8,12H2,1-2H3. The summed E-state index contributed by atoms with van der Waals surface area (Å²) in [6, 6.07) is 9.70. The number of rotatable bonds is 3. The van der Waals surface area contributed by atoms with Gasteiger partial charge in [0.15, 0.2) is 0 Å². The largest absolute Gasteiger partial charge is 0.322 e. The molecule has 0 saturated heterocycles. The SMILES string of the molecule is CC(C)N(C(=O)CN)c1ccccc1. The van der Waals surface area contributed by atoms with Crippen LogP contribution in [0, 0.1) is 0 Å². The monoisotopic (exact) mass is 192 g/mol. The molecule has 14 heavy (non-hydrogen) atoms. The number of anilines is 1. The van der Waals surface area contributed by atoms with E-state index in [-0.39, 0.29) is 18.5 Å². The van der Waals surface area contributed by atoms with Gasteiger partial charge in [-0.25, -0.2) is 0 Å². The molecule has 1 aromatic carbocycles. The van der Waals surface area contributed by atoms with E-state index >= 15 is 0 Å². The van der Waals surface area contributed by atoms with Crippen LogP contribution in [-0.4, -0.2) is 18.5 Å². The summed E-state index contributed by atoms with van der Waals surface area (Å²) in [4.78, 5) is 13.3. The maximum absolute atomic E-state index is 11.6. The van der Waals surface area contributed by atoms with Crippen LogP contribution < -0.4 is 10.6 Å². The summed E-state index contributed by atoms with van der Waals surface area (Å²) < 4.78 is 0. The molecule has 2 N–H and O–H groups in total. The summed E-state index contributed by atoms with van der Waals surface area (Å²) in [7, 11) is 0. The average Bonchev–Trinajstić information content (AvgIpc) is 2.19. The Morgan fingerprint density at radius 1 is 1.36 bits per heavy atom. The van der Waals surface area contributed by atoms with Crippen LogP contribution in [0.3, 0.4) is 0 Å². The van der Waals surface area contributed by atoms with Crippen molar-refractivity contribution in [1.82, 2.24) is 0 Å². The molecule has 3 nitrogen and oxygen atoms in total. The molecule has 0 aliphatic heterocycles. The highest BCUT2D eigenvalue weighted by Crippen LogP contribution is 2.15. The molecule has 0 fully saturated rings. The normalized spacial score (nSPS) is 10.3. The summed E-state index contributed by atoms with van der Waals surface area (Å²) >= 11 is 0. The number of benzene rings is 1. The third kappa shape index (κ3) is 2.33. The molecule has 0 heterocycles. The van der Waals surface area contributed by atoms with Gasteiger partial charge in [0.25, 0.3) is 0 Å². The smallest absolute Gasteiger partial charge is 0.240 e. The molecule has 0 unspecified atom stereocenters. The fourth-order valence-electron chi connectivity index (χ4n) is 1.42. The first-order valence-electron chi connectivity index (χ1n) is 4.74. The summed E-state index contributed by atoms with van der Waals surface area (Å²) in [5.74, 6) is -0.0498. The fraction of sp³-hybridized carbons (Fsp3) is 0.364. The minimum absolute atomic E-state index is 0.0487. The van der Waals surface area contributed by atoms with E-state index in [0.717, 1.165) is 5.69 Å². The van der Waals surface area contributed by atoms with Crippen LogP contribution in [0.25, 0.3) is 0 Å². The Morgan fingerprint density at radius 3 is 2.36 bits per heavy atom. The molecule has 0 spiro atoms. The Kier molecular flexibility index (Phi) is 3.65. The van der Waals surface area contributed by atoms with Gasteiger partial charge in [-0.1, -0.05) is 18.2 Å². The molecule has 1 rings (SSSR count). The number of amides is 1. The van der Waals surface area contributed by atoms with Crippen molar-refractivity contribution >= 4 is 11.6 Å². The molecule has 0 aliphatic rings. The Morgan fingerprint density at radius 2 is 1.93 bits per heavy atom. The zero-order chi connectivity index (χ0) is 10.6. The molecule has 1 aromatic rings. The lowest BCUT2D eigenvalue weighted by Gasteiger charge is -2.26. The third-order valence-electron chi connectivity index (χ3n) is 1.99. The first-order valence-corrected chi connectivity index (χ1v) is 4.74. The van der Waals surface area contributed by atoms with Gasteiger partial charge in [-0.2, -0.15) is 0 Å². The third-order valence-corrected chi connectivity index (χ3v) is 1.99. The number of carbonyl (C=O) groups is 1. The second kappa shape index (κ2) is 4.77. The maximum Gasteiger partial charge on any atom is 0.240 e. The Balaban J connectivity index is 2.95. The second-order valence-electron chi connectivity index (χ2n) is 3.40. The fourth-order valence-corrected chi connectivity index (χ4v) is 1.42. The van der Waals surface area contributed by atoms with E-state index in [0.29, 0.717) is 0 Å². The molecule has 0 aliphatic carbocycles. The molecular formula is C11H16N2O. The van der Waals surface area contributed by atoms with Crippen LogP contribution in [-0.2, 0) is 4.79 Å². The second-order valence-corrected chi connectivity index (χ2v) is 3.40. The van der Waals surface area contributed by atoms with Gasteiger partial charge in [0, 0.05) is 11.7 Å². The first-order chi connectivity index (χ1) is 6.66. The van der Waals surface area contributed by atoms with E-state index in [4.69, 9.17) is 5.73 Å². The topological polar surface area (TPSA) is 46.3 Å². The summed E-state index contributed by atoms with van der Waals surface area (Å²) in [5.41, 5.74) is 6.26. The van der Waals surface area contributed by atoms with Crippen molar-refractivity contribution in [3.8, 4) is 0 Å². The van der Waals surface area contributed by atoms with E-state index in [9.17, 15) is 4.79 Å². The average molecular weight is 192 g/mol. The number of nitrogens with two attached hydrogens (primary N) is 1. The molecule has 1 amide bonds. The molecule has 3 heteroatoms. The van der Waals surface area contributed by atoms with Crippen molar-refractivity contribution in [3.63, 3.8) is 0 Å². The van der Waals surface area contributed by atoms with Gasteiger partial charge in [-0.15, -0.1) is 0 Å². The van der Waals surface area contributed by atoms with E-state index in [1.54, 1.807) is 4.90 Å². The highest BCUT2D eigenvalue weighted by molar-refractivity contribution is 5.95. The number of para-hydroxylation sites is 1. The molecule has 0 saturated carbocycles. The molecular weight excluding hydrogens is 176 g/mol. The van der Waals surface area contributed by atoms with Crippen molar-refractivity contribution < 1.29 is 4.79 Å². The van der Waals surface area contributed by atoms with E-state index in [2.05, 4.69) is 0 Å². The highest BCUT2D eigenvalue weighted by atomic mass is 16.2. The number of hydrogen-bond donors (Lipinski definition) is 1. The minimum atomic E-state index is -0.0498. The number of nitrogens with zero attached hydrogens (tertiary/aromatic N) is 1. The van der Waals surface area contributed by atoms with E-state index in [1.165, 1.54) is 0 Å². The van der Waals surface area contributed by atoms with Gasteiger partial charge in [0.05, 0.1) is 6.54 Å². The minimum Gasteiger partial charge on any atom is -0.322 e. The van der Waals surface area contributed by atoms with Crippen LogP contribution in [0.4, 0.5) is 5.69 Å². The zero-order valence-corrected chi connectivity index (χ0v) is 8.60. The number of carbonyl (C=O) groups excluding carboxylic acids is 1. The molecule has 0 aromatic heterocycles. The van der Waals surface area contributed by atoms with Gasteiger partial charge >= 0.3 is 0 Å². The zero-order valence-electron chi connectivity index (χ0n) is 8.60. The maximum atomic E-state index is 11.6. The van der Waals surface area contributed by atoms with Gasteiger partial charge in [0.1, 0.15) is 0 Å². The van der Waals surface area contributed by atoms with Crippen molar-refractivity contribution in [3.05, 3.63) is 30.3 Å². The van der Waals surface area contributed by atoms with E-state index < -0.39 is 0 Å². The van der Waals surface area contributed by atoms with Crippen molar-refractivity contribution in [2.45, 2.75) is 19.9 Å². The lowest BCUT2D eigenvalue weighted by atomic mass is 10.2. The predicted molar refractivity (Wildman–Crippen MR) is 58.1 cm³/mol. The van der Waals surface area contributed by atoms with Crippen LogP contribution >= 0.6 is 0 Å². The van der Waals surface area contributed by atoms with Gasteiger partial charge in [-0.3, -0.25) is 4.79 Å².